The number of nitrogens with zero attached hydrogens (tertiary/aromatic N) is 9. The van der Waals surface area contributed by atoms with Crippen LogP contribution in [0, 0.1) is 13.8 Å². The van der Waals surface area contributed by atoms with E-state index in [1.54, 1.807) is 32.4 Å². The van der Waals surface area contributed by atoms with Gasteiger partial charge in [0, 0.05) is 29.4 Å². The summed E-state index contributed by atoms with van der Waals surface area (Å²) in [5.74, 6) is 3.38. The van der Waals surface area contributed by atoms with E-state index in [9.17, 15) is 4.79 Å². The molecule has 10 rings (SSSR count). The van der Waals surface area contributed by atoms with Crippen molar-refractivity contribution < 1.29 is 13.6 Å². The molecule has 0 unspecified atom stereocenters. The molecule has 5 heterocycles. The van der Waals surface area contributed by atoms with Crippen LogP contribution in [0.3, 0.4) is 0 Å². The summed E-state index contributed by atoms with van der Waals surface area (Å²) in [5.41, 5.74) is 5.97. The molecule has 14 heteroatoms. The number of benzene rings is 5. The summed E-state index contributed by atoms with van der Waals surface area (Å²) in [4.78, 5) is 34.7. The average Bonchev–Trinajstić information content (AvgIpc) is 4.05. The average molecular weight is 778 g/mol. The summed E-state index contributed by atoms with van der Waals surface area (Å²) in [6.45, 7) is 4.20. The third kappa shape index (κ3) is 6.99. The number of anilines is 5. The molecule has 5 aromatic carbocycles. The van der Waals surface area contributed by atoms with Gasteiger partial charge in [-0.05, 0) is 84.3 Å². The molecule has 5 aromatic heterocycles. The van der Waals surface area contributed by atoms with Crippen LogP contribution in [0.25, 0.3) is 45.1 Å². The number of fused-ring (bicyclic) bond motifs is 3. The van der Waals surface area contributed by atoms with E-state index in [1.807, 2.05) is 135 Å². The third-order valence-corrected chi connectivity index (χ3v) is 10.0. The Bertz CT molecular complexity index is 3110. The van der Waals surface area contributed by atoms with Crippen LogP contribution in [0.5, 0.6) is 0 Å². The van der Waals surface area contributed by atoms with Crippen LogP contribution >= 0.6 is 0 Å². The number of rotatable bonds is 11. The van der Waals surface area contributed by atoms with Crippen LogP contribution in [-0.4, -0.2) is 45.1 Å². The Morgan fingerprint density at radius 1 is 0.695 bits per heavy atom. The van der Waals surface area contributed by atoms with Gasteiger partial charge in [-0.15, -0.1) is 10.2 Å². The van der Waals surface area contributed by atoms with E-state index >= 15 is 0 Å². The van der Waals surface area contributed by atoms with E-state index in [0.717, 1.165) is 50.4 Å². The minimum atomic E-state index is -0.183. The lowest BCUT2D eigenvalue weighted by atomic mass is 10.0. The second-order valence-corrected chi connectivity index (χ2v) is 14.0. The fourth-order valence-electron chi connectivity index (χ4n) is 7.03. The van der Waals surface area contributed by atoms with Crippen molar-refractivity contribution in [2.24, 2.45) is 0 Å². The normalized spacial score (nSPS) is 11.4. The zero-order valence-corrected chi connectivity index (χ0v) is 31.9. The molecule has 0 fully saturated rings. The SMILES string of the molecule is Cc1ncc2oc(-c3ccc(Nc4cc(N(C(=O)Cc5cccc6ccccc56)c5ccc(-c6nn7c(C)ncc7o6)cc5)nc(NCc5ccccc5)n4)cc3)nn12. The van der Waals surface area contributed by atoms with E-state index in [2.05, 4.69) is 30.8 Å². The minimum absolute atomic E-state index is 0.118. The molecule has 2 N–H and O–H groups in total. The van der Waals surface area contributed by atoms with E-state index in [4.69, 9.17) is 18.8 Å². The smallest absolute Gasteiger partial charge is 0.246 e. The second kappa shape index (κ2) is 14.7. The molecule has 0 spiro atoms. The molecule has 10 aromatic rings. The first kappa shape index (κ1) is 35.3. The van der Waals surface area contributed by atoms with Gasteiger partial charge in [0.2, 0.25) is 35.1 Å². The number of carbonyl (C=O) groups excluding carboxylic acids is 1. The Morgan fingerprint density at radius 3 is 2.00 bits per heavy atom. The molecule has 0 saturated carbocycles. The van der Waals surface area contributed by atoms with Gasteiger partial charge >= 0.3 is 0 Å². The van der Waals surface area contributed by atoms with Crippen LogP contribution in [0.1, 0.15) is 22.8 Å². The predicted octanol–water partition coefficient (Wildman–Crippen LogP) is 9.12. The molecule has 0 aliphatic rings. The molecule has 59 heavy (non-hydrogen) atoms. The molecule has 0 aliphatic carbocycles. The number of nitrogens with one attached hydrogen (secondary N) is 2. The minimum Gasteiger partial charge on any atom is -0.417 e. The third-order valence-electron chi connectivity index (χ3n) is 10.0. The summed E-state index contributed by atoms with van der Waals surface area (Å²) in [5, 5.41) is 18.0. The first-order valence-corrected chi connectivity index (χ1v) is 19.0. The largest absolute Gasteiger partial charge is 0.417 e. The molecule has 1 amide bonds. The molecule has 0 aliphatic heterocycles. The number of amides is 1. The summed E-state index contributed by atoms with van der Waals surface area (Å²) in [6, 6.07) is 41.0. The fourth-order valence-corrected chi connectivity index (χ4v) is 7.03. The summed E-state index contributed by atoms with van der Waals surface area (Å²) >= 11 is 0. The maximum absolute atomic E-state index is 14.8. The topological polar surface area (TPSA) is 157 Å². The molecule has 0 saturated heterocycles. The zero-order chi connectivity index (χ0) is 39.9. The molecular formula is C45H35N11O3. The van der Waals surface area contributed by atoms with E-state index < -0.39 is 0 Å². The first-order chi connectivity index (χ1) is 28.9. The monoisotopic (exact) mass is 777 g/mol. The van der Waals surface area contributed by atoms with Crippen molar-refractivity contribution in [1.82, 2.24) is 39.2 Å². The van der Waals surface area contributed by atoms with E-state index in [-0.39, 0.29) is 12.3 Å². The predicted molar refractivity (Wildman–Crippen MR) is 225 cm³/mol. The Hall–Kier alpha value is -8.13. The van der Waals surface area contributed by atoms with Gasteiger partial charge in [-0.1, -0.05) is 72.8 Å². The Kier molecular flexibility index (Phi) is 8.82. The first-order valence-electron chi connectivity index (χ1n) is 19.0. The number of hydrogen-bond donors (Lipinski definition) is 2. The van der Waals surface area contributed by atoms with Gasteiger partial charge in [0.1, 0.15) is 23.3 Å². The number of carbonyl (C=O) groups is 1. The Balaban J connectivity index is 1.03. The standard InChI is InChI=1S/C45H35N11O3/c1-28-46-26-41-55(28)52-43(58-41)32-15-19-35(20-16-32)49-38-24-39(51-45(50-38)48-25-30-9-4-3-5-10-30)54(40(57)23-34-13-8-12-31-11-6-7-14-37(31)34)36-21-17-33(18-22-36)44-53-56-29(2)47-27-42(56)59-44/h3-22,24,26-27H,23,25H2,1-2H3,(H2,48,49,50,51). The molecular weight excluding hydrogens is 743 g/mol. The van der Waals surface area contributed by atoms with Gasteiger partial charge in [0.05, 0.1) is 24.5 Å². The lowest BCUT2D eigenvalue weighted by Gasteiger charge is -2.24. The van der Waals surface area contributed by atoms with Crippen LogP contribution in [0.15, 0.2) is 149 Å². The van der Waals surface area contributed by atoms with Crippen LogP contribution in [0.2, 0.25) is 0 Å². The van der Waals surface area contributed by atoms with E-state index in [1.165, 1.54) is 0 Å². The van der Waals surface area contributed by atoms with Crippen molar-refractivity contribution in [3.63, 3.8) is 0 Å². The zero-order valence-electron chi connectivity index (χ0n) is 31.9. The maximum atomic E-state index is 14.8. The quantitative estimate of drug-likeness (QED) is 0.129. The van der Waals surface area contributed by atoms with Gasteiger partial charge in [-0.25, -0.2) is 9.97 Å². The Labute approximate surface area is 336 Å². The highest BCUT2D eigenvalue weighted by atomic mass is 16.4. The van der Waals surface area contributed by atoms with Crippen LogP contribution < -0.4 is 15.5 Å². The highest BCUT2D eigenvalue weighted by Gasteiger charge is 2.24. The number of imidazole rings is 2. The van der Waals surface area contributed by atoms with Crippen molar-refractivity contribution in [2.75, 3.05) is 15.5 Å². The molecule has 0 atom stereocenters. The highest BCUT2D eigenvalue weighted by Crippen LogP contribution is 2.33. The van der Waals surface area contributed by atoms with Gasteiger partial charge < -0.3 is 19.5 Å². The Morgan fingerprint density at radius 2 is 1.32 bits per heavy atom. The van der Waals surface area contributed by atoms with Crippen LogP contribution in [-0.2, 0) is 17.8 Å². The van der Waals surface area contributed by atoms with Crippen LogP contribution in [0.4, 0.5) is 29.0 Å². The second-order valence-electron chi connectivity index (χ2n) is 14.0. The number of hydrogen-bond acceptors (Lipinski definition) is 11. The summed E-state index contributed by atoms with van der Waals surface area (Å²) < 4.78 is 15.2. The molecule has 0 bridgehead atoms. The summed E-state index contributed by atoms with van der Waals surface area (Å²) in [6.07, 6.45) is 3.41. The van der Waals surface area contributed by atoms with Gasteiger partial charge in [0.15, 0.2) is 0 Å². The maximum Gasteiger partial charge on any atom is 0.246 e. The van der Waals surface area contributed by atoms with Gasteiger partial charge in [0.25, 0.3) is 0 Å². The fraction of sp³-hybridized carbons (Fsp3) is 0.0889. The molecule has 0 radical (unpaired) electrons. The number of aryl methyl sites for hydroxylation is 2. The molecule has 288 valence electrons. The highest BCUT2D eigenvalue weighted by molar-refractivity contribution is 6.03. The lowest BCUT2D eigenvalue weighted by Crippen LogP contribution is -2.29. The summed E-state index contributed by atoms with van der Waals surface area (Å²) in [7, 11) is 0. The van der Waals surface area contributed by atoms with Crippen molar-refractivity contribution in [3.8, 4) is 22.9 Å². The van der Waals surface area contributed by atoms with Crippen molar-refractivity contribution >= 4 is 57.1 Å². The van der Waals surface area contributed by atoms with Gasteiger partial charge in [-0.2, -0.15) is 19.0 Å². The van der Waals surface area contributed by atoms with E-state index in [0.29, 0.717) is 53.0 Å². The van der Waals surface area contributed by atoms with Gasteiger partial charge in [-0.3, -0.25) is 9.69 Å². The van der Waals surface area contributed by atoms with Crippen molar-refractivity contribution in [2.45, 2.75) is 26.8 Å². The van der Waals surface area contributed by atoms with Crippen molar-refractivity contribution in [1.29, 1.82) is 0 Å². The lowest BCUT2D eigenvalue weighted by molar-refractivity contribution is -0.117. The van der Waals surface area contributed by atoms with Crippen molar-refractivity contribution in [3.05, 3.63) is 163 Å². The molecule has 14 nitrogen and oxygen atoms in total. The number of aromatic nitrogens is 8.